The van der Waals surface area contributed by atoms with E-state index in [4.69, 9.17) is 13.0 Å². The van der Waals surface area contributed by atoms with Crippen LogP contribution in [-0.4, -0.2) is 18.5 Å². The molecule has 0 spiro atoms. The second kappa shape index (κ2) is 8.16. The van der Waals surface area contributed by atoms with Crippen LogP contribution in [0.1, 0.15) is 0 Å². The lowest BCUT2D eigenvalue weighted by Crippen LogP contribution is -3.61. The fourth-order valence-electron chi connectivity index (χ4n) is 1.17. The molecule has 0 atom stereocenters. The smallest absolute Gasteiger partial charge is 0.485 e. The van der Waals surface area contributed by atoms with Gasteiger partial charge in [0.05, 0.1) is 0 Å². The first kappa shape index (κ1) is 20.7. The van der Waals surface area contributed by atoms with Crippen LogP contribution in [0.25, 0.3) is 0 Å². The number of benzene rings is 2. The highest BCUT2D eigenvalue weighted by atomic mass is 127. The van der Waals surface area contributed by atoms with Crippen molar-refractivity contribution in [3.63, 3.8) is 0 Å². The zero-order valence-electron chi connectivity index (χ0n) is 11.3. The van der Waals surface area contributed by atoms with Crippen LogP contribution in [0.2, 0.25) is 0 Å². The predicted octanol–water partition coefficient (Wildman–Crippen LogP) is 0.284. The van der Waals surface area contributed by atoms with Gasteiger partial charge in [-0.15, -0.1) is 0 Å². The van der Waals surface area contributed by atoms with E-state index >= 15 is 0 Å². The predicted molar refractivity (Wildman–Crippen MR) is 65.9 cm³/mol. The second-order valence-corrected chi connectivity index (χ2v) is 8.27. The van der Waals surface area contributed by atoms with Crippen LogP contribution >= 0.6 is 0 Å². The topological polar surface area (TPSA) is 57.2 Å². The quantitative estimate of drug-likeness (QED) is 0.154. The minimum atomic E-state index is -6.09. The monoisotopic (exact) mass is 484 g/mol. The van der Waals surface area contributed by atoms with E-state index in [1.54, 1.807) is 0 Å². The third-order valence-electron chi connectivity index (χ3n) is 2.22. The summed E-state index contributed by atoms with van der Waals surface area (Å²) in [6, 6.07) is 11.5. The molecule has 0 aliphatic heterocycles. The van der Waals surface area contributed by atoms with Crippen molar-refractivity contribution in [3.05, 3.63) is 67.1 Å². The van der Waals surface area contributed by atoms with E-state index in [0.717, 1.165) is 9.64 Å². The molecule has 0 aliphatic rings. The zero-order chi connectivity index (χ0) is 18.5. The Bertz CT molecular complexity index is 793. The van der Waals surface area contributed by atoms with Gasteiger partial charge in [0.2, 0.25) is 9.39 Å². The third-order valence-corrected chi connectivity index (χ3v) is 5.54. The Balaban J connectivity index is 0.000000307. The maximum Gasteiger partial charge on any atom is 0.485 e. The van der Waals surface area contributed by atoms with Crippen LogP contribution in [0, 0.1) is 24.6 Å². The Labute approximate surface area is 143 Å². The molecule has 0 fully saturated rings. The normalized spacial score (nSPS) is 11.6. The Morgan fingerprint density at radius 2 is 1.38 bits per heavy atom. The van der Waals surface area contributed by atoms with Gasteiger partial charge in [-0.05, 0) is 24.3 Å². The summed E-state index contributed by atoms with van der Waals surface area (Å²) in [5.41, 5.74) is -5.65. The van der Waals surface area contributed by atoms with Crippen LogP contribution in [-0.2, 0) is 10.1 Å². The third kappa shape index (κ3) is 5.94. The van der Waals surface area contributed by atoms with Gasteiger partial charge in [0.25, 0.3) is 0 Å². The summed E-state index contributed by atoms with van der Waals surface area (Å²) < 4.78 is 99.2. The minimum Gasteiger partial charge on any atom is -0.741 e. The number of rotatable bonds is 2. The lowest BCUT2D eigenvalue weighted by Gasteiger charge is -2.08. The van der Waals surface area contributed by atoms with Crippen LogP contribution < -0.4 is 21.2 Å². The number of hydrogen-bond acceptors (Lipinski definition) is 3. The standard InChI is InChI=1S/C12H7F3I.CHF3O3S/c13-9-6-7-10(12(15)11(9)14)16-8-4-2-1-3-5-8;2-1(3,4)8(5,6)7/h1-7H;(H,5,6,7)/q+1;/p-1. The molecule has 2 aromatic rings. The molecular weight excluding hydrogens is 477 g/mol. The summed E-state index contributed by atoms with van der Waals surface area (Å²) >= 11 is -0.804. The van der Waals surface area contributed by atoms with Crippen molar-refractivity contribution < 1.29 is 60.5 Å². The van der Waals surface area contributed by atoms with Crippen LogP contribution in [0.3, 0.4) is 0 Å². The summed E-state index contributed by atoms with van der Waals surface area (Å²) in [4.78, 5) is 0. The number of hydrogen-bond donors (Lipinski definition) is 0. The van der Waals surface area contributed by atoms with Gasteiger partial charge in [-0.3, -0.25) is 0 Å². The van der Waals surface area contributed by atoms with Crippen molar-refractivity contribution in [1.82, 2.24) is 0 Å². The summed E-state index contributed by atoms with van der Waals surface area (Å²) in [5.74, 6) is -3.58. The van der Waals surface area contributed by atoms with Crippen LogP contribution in [0.15, 0.2) is 42.5 Å². The molecule has 24 heavy (non-hydrogen) atoms. The van der Waals surface area contributed by atoms with Crippen molar-refractivity contribution in [2.75, 3.05) is 0 Å². The van der Waals surface area contributed by atoms with E-state index in [9.17, 15) is 26.3 Å². The van der Waals surface area contributed by atoms with Crippen molar-refractivity contribution in [2.45, 2.75) is 5.51 Å². The van der Waals surface area contributed by atoms with Crippen molar-refractivity contribution in [3.8, 4) is 0 Å². The molecule has 0 saturated carbocycles. The van der Waals surface area contributed by atoms with Gasteiger partial charge < -0.3 is 4.55 Å². The summed E-state index contributed by atoms with van der Waals surface area (Å²) in [6.45, 7) is 0. The average Bonchev–Trinajstić information content (AvgIpc) is 2.48. The fourth-order valence-corrected chi connectivity index (χ4v) is 3.45. The molecule has 0 unspecified atom stereocenters. The van der Waals surface area contributed by atoms with Gasteiger partial charge in [0.15, 0.2) is 25.3 Å². The molecule has 0 aliphatic carbocycles. The maximum absolute atomic E-state index is 13.4. The Hall–Kier alpha value is -1.34. The molecule has 2 rings (SSSR count). The van der Waals surface area contributed by atoms with Gasteiger partial charge in [-0.2, -0.15) is 17.6 Å². The molecule has 132 valence electrons. The second-order valence-electron chi connectivity index (χ2n) is 3.95. The lowest BCUT2D eigenvalue weighted by molar-refractivity contribution is -0.600. The first-order valence-corrected chi connectivity index (χ1v) is 9.35. The largest absolute Gasteiger partial charge is 0.741 e. The summed E-state index contributed by atoms with van der Waals surface area (Å²) in [7, 11) is -6.09. The van der Waals surface area contributed by atoms with Crippen molar-refractivity contribution in [1.29, 1.82) is 0 Å². The Kier molecular flexibility index (Phi) is 7.04. The van der Waals surface area contributed by atoms with Gasteiger partial charge in [0, 0.05) is 0 Å². The molecular formula is C13H7F6IO3S. The van der Waals surface area contributed by atoms with E-state index in [0.29, 0.717) is 0 Å². The Morgan fingerprint density at radius 3 is 1.83 bits per heavy atom. The van der Waals surface area contributed by atoms with E-state index in [1.165, 1.54) is 6.07 Å². The van der Waals surface area contributed by atoms with E-state index in [1.807, 2.05) is 30.3 Å². The fraction of sp³-hybridized carbons (Fsp3) is 0.0769. The molecule has 0 aromatic heterocycles. The van der Waals surface area contributed by atoms with Crippen molar-refractivity contribution >= 4 is 10.1 Å². The average molecular weight is 484 g/mol. The van der Waals surface area contributed by atoms with Gasteiger partial charge >= 0.3 is 26.7 Å². The molecule has 2 aromatic carbocycles. The van der Waals surface area contributed by atoms with Gasteiger partial charge in [-0.1, -0.05) is 18.2 Å². The maximum atomic E-state index is 13.4. The molecule has 0 radical (unpaired) electrons. The number of halogens is 7. The number of alkyl halides is 3. The first-order valence-electron chi connectivity index (χ1n) is 5.79. The van der Waals surface area contributed by atoms with E-state index in [-0.39, 0.29) is 3.57 Å². The highest BCUT2D eigenvalue weighted by Crippen LogP contribution is 2.20. The minimum absolute atomic E-state index is 0.268. The van der Waals surface area contributed by atoms with Crippen LogP contribution in [0.5, 0.6) is 0 Å². The zero-order valence-corrected chi connectivity index (χ0v) is 14.3. The van der Waals surface area contributed by atoms with Gasteiger partial charge in [-0.25, -0.2) is 17.2 Å². The summed E-state index contributed by atoms with van der Waals surface area (Å²) in [6.07, 6.45) is 0. The van der Waals surface area contributed by atoms with E-state index < -0.39 is 54.3 Å². The summed E-state index contributed by atoms with van der Waals surface area (Å²) in [5, 5.41) is 0. The molecule has 0 bridgehead atoms. The van der Waals surface area contributed by atoms with E-state index in [2.05, 4.69) is 0 Å². The lowest BCUT2D eigenvalue weighted by atomic mass is 10.3. The van der Waals surface area contributed by atoms with Crippen molar-refractivity contribution in [2.24, 2.45) is 0 Å². The highest BCUT2D eigenvalue weighted by Gasteiger charge is 2.36. The molecule has 11 heteroatoms. The molecule has 0 saturated heterocycles. The molecule has 0 N–H and O–H groups in total. The first-order chi connectivity index (χ1) is 10.9. The SMILES string of the molecule is Fc1ccc([I+]c2ccccc2)c(F)c1F.O=S(=O)([O-])C(F)(F)F. The molecule has 0 heterocycles. The highest BCUT2D eigenvalue weighted by molar-refractivity contribution is 7.86. The molecule has 0 amide bonds. The van der Waals surface area contributed by atoms with Crippen LogP contribution in [0.4, 0.5) is 26.3 Å². The van der Waals surface area contributed by atoms with Gasteiger partial charge in [0.1, 0.15) is 0 Å². The molecule has 3 nitrogen and oxygen atoms in total. The Morgan fingerprint density at radius 1 is 0.875 bits per heavy atom.